The van der Waals surface area contributed by atoms with Crippen LogP contribution in [0.3, 0.4) is 0 Å². The maximum absolute atomic E-state index is 12.4. The predicted molar refractivity (Wildman–Crippen MR) is 82.8 cm³/mol. The standard InChI is InChI=1S/C15H23N3O2S/c1-11-16-13(10-21-11)14(19)18-6-4-15(5-7-18)8-12(9-20-15)17(2)3/h10,12H,4-9H2,1-3H3. The average molecular weight is 309 g/mol. The van der Waals surface area contributed by atoms with Gasteiger partial charge in [-0.1, -0.05) is 0 Å². The molecule has 2 aliphatic rings. The quantitative estimate of drug-likeness (QED) is 0.835. The molecule has 0 aliphatic carbocycles. The van der Waals surface area contributed by atoms with Gasteiger partial charge in [-0.05, 0) is 40.3 Å². The maximum Gasteiger partial charge on any atom is 0.273 e. The van der Waals surface area contributed by atoms with Crippen LogP contribution in [0.1, 0.15) is 34.8 Å². The monoisotopic (exact) mass is 309 g/mol. The Balaban J connectivity index is 1.59. The number of carbonyl (C=O) groups is 1. The minimum absolute atomic E-state index is 0.0102. The van der Waals surface area contributed by atoms with Gasteiger partial charge in [0.05, 0.1) is 17.2 Å². The summed E-state index contributed by atoms with van der Waals surface area (Å²) in [6, 6.07) is 0.508. The van der Waals surface area contributed by atoms with Crippen LogP contribution in [-0.4, -0.2) is 66.1 Å². The van der Waals surface area contributed by atoms with Crippen LogP contribution in [0.25, 0.3) is 0 Å². The van der Waals surface area contributed by atoms with E-state index in [1.54, 1.807) is 0 Å². The van der Waals surface area contributed by atoms with Crippen LogP contribution in [0.15, 0.2) is 5.38 Å². The van der Waals surface area contributed by atoms with Gasteiger partial charge >= 0.3 is 0 Å². The molecule has 116 valence electrons. The fourth-order valence-electron chi connectivity index (χ4n) is 3.24. The summed E-state index contributed by atoms with van der Waals surface area (Å²) >= 11 is 1.53. The van der Waals surface area contributed by atoms with Crippen molar-refractivity contribution in [3.8, 4) is 0 Å². The lowest BCUT2D eigenvalue weighted by Crippen LogP contribution is -2.47. The van der Waals surface area contributed by atoms with Crippen LogP contribution in [0.5, 0.6) is 0 Å². The highest BCUT2D eigenvalue weighted by atomic mass is 32.1. The number of hydrogen-bond acceptors (Lipinski definition) is 5. The Morgan fingerprint density at radius 2 is 2.19 bits per heavy atom. The fourth-order valence-corrected chi connectivity index (χ4v) is 3.83. The molecule has 1 amide bonds. The molecule has 21 heavy (non-hydrogen) atoms. The molecule has 5 nitrogen and oxygen atoms in total. The van der Waals surface area contributed by atoms with Gasteiger partial charge in [0, 0.05) is 24.5 Å². The Hall–Kier alpha value is -0.980. The van der Waals surface area contributed by atoms with Crippen LogP contribution in [0.2, 0.25) is 0 Å². The molecule has 2 aliphatic heterocycles. The lowest BCUT2D eigenvalue weighted by Gasteiger charge is -2.38. The summed E-state index contributed by atoms with van der Waals surface area (Å²) in [5, 5.41) is 2.80. The molecule has 0 saturated carbocycles. The minimum atomic E-state index is -0.0102. The summed E-state index contributed by atoms with van der Waals surface area (Å²) in [6.07, 6.45) is 2.95. The molecule has 2 fully saturated rings. The predicted octanol–water partition coefficient (Wildman–Crippen LogP) is 1.78. The first-order valence-corrected chi connectivity index (χ1v) is 8.39. The van der Waals surface area contributed by atoms with Gasteiger partial charge in [0.15, 0.2) is 0 Å². The summed E-state index contributed by atoms with van der Waals surface area (Å²) in [4.78, 5) is 20.9. The van der Waals surface area contributed by atoms with E-state index in [2.05, 4.69) is 24.0 Å². The normalized spacial score (nSPS) is 25.0. The third-order valence-corrected chi connectivity index (χ3v) is 5.49. The Bertz CT molecular complexity index is 521. The number of piperidine rings is 1. The number of rotatable bonds is 2. The first-order chi connectivity index (χ1) is 9.99. The topological polar surface area (TPSA) is 45.7 Å². The maximum atomic E-state index is 12.4. The number of carbonyl (C=O) groups excluding carboxylic acids is 1. The smallest absolute Gasteiger partial charge is 0.273 e. The Kier molecular flexibility index (Phi) is 4.03. The van der Waals surface area contributed by atoms with E-state index >= 15 is 0 Å². The molecule has 1 unspecified atom stereocenters. The lowest BCUT2D eigenvalue weighted by molar-refractivity contribution is -0.0392. The largest absolute Gasteiger partial charge is 0.373 e. The Labute approximate surface area is 129 Å². The van der Waals surface area contributed by atoms with E-state index in [4.69, 9.17) is 4.74 Å². The van der Waals surface area contributed by atoms with E-state index < -0.39 is 0 Å². The van der Waals surface area contributed by atoms with Gasteiger partial charge in [0.1, 0.15) is 5.69 Å². The zero-order valence-corrected chi connectivity index (χ0v) is 13.8. The van der Waals surface area contributed by atoms with Gasteiger partial charge in [-0.15, -0.1) is 11.3 Å². The molecule has 3 rings (SSSR count). The molecule has 0 N–H and O–H groups in total. The van der Waals surface area contributed by atoms with Gasteiger partial charge in [-0.2, -0.15) is 0 Å². The highest BCUT2D eigenvalue weighted by Crippen LogP contribution is 2.37. The molecule has 6 heteroatoms. The van der Waals surface area contributed by atoms with Gasteiger partial charge in [-0.25, -0.2) is 4.98 Å². The first kappa shape index (κ1) is 14.9. The van der Waals surface area contributed by atoms with Crippen molar-refractivity contribution < 1.29 is 9.53 Å². The van der Waals surface area contributed by atoms with Crippen LogP contribution >= 0.6 is 11.3 Å². The molecule has 1 aromatic heterocycles. The number of likely N-dealkylation sites (tertiary alicyclic amines) is 1. The van der Waals surface area contributed by atoms with Crippen molar-refractivity contribution in [2.24, 2.45) is 0 Å². The fraction of sp³-hybridized carbons (Fsp3) is 0.733. The second-order valence-electron chi connectivity index (χ2n) is 6.36. The highest BCUT2D eigenvalue weighted by Gasteiger charge is 2.44. The molecule has 2 saturated heterocycles. The molecule has 0 radical (unpaired) electrons. The number of thiazole rings is 1. The zero-order chi connectivity index (χ0) is 15.0. The Morgan fingerprint density at radius 1 is 1.48 bits per heavy atom. The number of aryl methyl sites for hydroxylation is 1. The van der Waals surface area contributed by atoms with E-state index in [0.29, 0.717) is 11.7 Å². The number of hydrogen-bond donors (Lipinski definition) is 0. The van der Waals surface area contributed by atoms with Gasteiger partial charge in [0.2, 0.25) is 0 Å². The van der Waals surface area contributed by atoms with E-state index in [-0.39, 0.29) is 11.5 Å². The number of aromatic nitrogens is 1. The van der Waals surface area contributed by atoms with Gasteiger partial charge in [-0.3, -0.25) is 4.79 Å². The van der Waals surface area contributed by atoms with E-state index in [1.165, 1.54) is 11.3 Å². The third-order valence-electron chi connectivity index (χ3n) is 4.72. The molecule has 3 heterocycles. The second kappa shape index (κ2) is 5.66. The van der Waals surface area contributed by atoms with E-state index in [0.717, 1.165) is 44.0 Å². The molecule has 1 aromatic rings. The summed E-state index contributed by atoms with van der Waals surface area (Å²) < 4.78 is 6.10. The van der Waals surface area contributed by atoms with E-state index in [9.17, 15) is 4.79 Å². The van der Waals surface area contributed by atoms with Crippen LogP contribution in [0.4, 0.5) is 0 Å². The first-order valence-electron chi connectivity index (χ1n) is 7.51. The summed E-state index contributed by atoms with van der Waals surface area (Å²) in [5.41, 5.74) is 0.580. The summed E-state index contributed by atoms with van der Waals surface area (Å²) in [6.45, 7) is 4.29. The molecular weight excluding hydrogens is 286 g/mol. The zero-order valence-electron chi connectivity index (χ0n) is 13.0. The lowest BCUT2D eigenvalue weighted by atomic mass is 9.87. The van der Waals surface area contributed by atoms with Crippen LogP contribution in [0, 0.1) is 6.92 Å². The molecule has 0 bridgehead atoms. The minimum Gasteiger partial charge on any atom is -0.373 e. The van der Waals surface area contributed by atoms with Crippen molar-refractivity contribution in [1.82, 2.24) is 14.8 Å². The Morgan fingerprint density at radius 3 is 2.71 bits per heavy atom. The van der Waals surface area contributed by atoms with Crippen molar-refractivity contribution in [3.63, 3.8) is 0 Å². The molecular formula is C15H23N3O2S. The second-order valence-corrected chi connectivity index (χ2v) is 7.42. The average Bonchev–Trinajstić information content (AvgIpc) is 3.06. The number of ether oxygens (including phenoxy) is 1. The van der Waals surface area contributed by atoms with Crippen molar-refractivity contribution in [3.05, 3.63) is 16.1 Å². The molecule has 1 atom stereocenters. The van der Waals surface area contributed by atoms with E-state index in [1.807, 2.05) is 17.2 Å². The van der Waals surface area contributed by atoms with Crippen LogP contribution < -0.4 is 0 Å². The summed E-state index contributed by atoms with van der Waals surface area (Å²) in [5.74, 6) is 0.0661. The number of nitrogens with zero attached hydrogens (tertiary/aromatic N) is 3. The summed E-state index contributed by atoms with van der Waals surface area (Å²) in [7, 11) is 4.21. The molecule has 0 aromatic carbocycles. The van der Waals surface area contributed by atoms with Gasteiger partial charge < -0.3 is 14.5 Å². The number of likely N-dealkylation sites (N-methyl/N-ethyl adjacent to an activating group) is 1. The number of amides is 1. The van der Waals surface area contributed by atoms with Crippen molar-refractivity contribution in [2.75, 3.05) is 33.8 Å². The third kappa shape index (κ3) is 2.98. The van der Waals surface area contributed by atoms with Gasteiger partial charge in [0.25, 0.3) is 5.91 Å². The SMILES string of the molecule is Cc1nc(C(=O)N2CCC3(CC2)CC(N(C)C)CO3)cs1. The highest BCUT2D eigenvalue weighted by molar-refractivity contribution is 7.09. The van der Waals surface area contributed by atoms with Crippen molar-refractivity contribution in [1.29, 1.82) is 0 Å². The molecule has 1 spiro atoms. The van der Waals surface area contributed by atoms with Crippen molar-refractivity contribution >= 4 is 17.2 Å². The van der Waals surface area contributed by atoms with Crippen LogP contribution in [-0.2, 0) is 4.74 Å². The van der Waals surface area contributed by atoms with Crippen molar-refractivity contribution in [2.45, 2.75) is 37.8 Å².